The van der Waals surface area contributed by atoms with E-state index in [2.05, 4.69) is 15.3 Å². The number of nitrogens with one attached hydrogen (secondary N) is 1. The Morgan fingerprint density at radius 3 is 2.68 bits per heavy atom. The second kappa shape index (κ2) is 5.32. The number of benzene rings is 1. The first kappa shape index (κ1) is 13.4. The van der Waals surface area contributed by atoms with E-state index < -0.39 is 0 Å². The Hall–Kier alpha value is -2.01. The third kappa shape index (κ3) is 2.88. The number of anilines is 2. The summed E-state index contributed by atoms with van der Waals surface area (Å²) in [6.45, 7) is 3.32. The lowest BCUT2D eigenvalue weighted by Gasteiger charge is -2.10. The molecule has 0 saturated heterocycles. The van der Waals surface area contributed by atoms with Gasteiger partial charge in [0.2, 0.25) is 0 Å². The lowest BCUT2D eigenvalue weighted by molar-refractivity contribution is 0.112. The number of aldehydes is 1. The number of hydrogen-bond acceptors (Lipinski definition) is 4. The molecule has 6 heteroatoms. The normalized spacial score (nSPS) is 10.3. The molecule has 19 heavy (non-hydrogen) atoms. The molecule has 0 radical (unpaired) electrons. The van der Waals surface area contributed by atoms with E-state index in [-0.39, 0.29) is 22.4 Å². The Morgan fingerprint density at radius 2 is 2.05 bits per heavy atom. The van der Waals surface area contributed by atoms with Crippen molar-refractivity contribution in [2.45, 2.75) is 13.8 Å². The number of halogens is 2. The molecular formula is C13H11ClFN3O. The monoisotopic (exact) mass is 279 g/mol. The highest BCUT2D eigenvalue weighted by atomic mass is 35.5. The third-order valence-corrected chi connectivity index (χ3v) is 2.85. The van der Waals surface area contributed by atoms with Crippen molar-refractivity contribution in [2.75, 3.05) is 5.32 Å². The molecule has 0 aliphatic carbocycles. The molecule has 0 amide bonds. The number of aryl methyl sites for hydroxylation is 2. The van der Waals surface area contributed by atoms with Gasteiger partial charge in [-0.25, -0.2) is 14.4 Å². The van der Waals surface area contributed by atoms with Crippen molar-refractivity contribution in [3.63, 3.8) is 0 Å². The zero-order valence-corrected chi connectivity index (χ0v) is 11.1. The lowest BCUT2D eigenvalue weighted by atomic mass is 10.2. The maximum absolute atomic E-state index is 13.5. The van der Waals surface area contributed by atoms with Crippen LogP contribution in [0.25, 0.3) is 0 Å². The van der Waals surface area contributed by atoms with Crippen LogP contribution in [-0.4, -0.2) is 16.3 Å². The topological polar surface area (TPSA) is 54.9 Å². The molecule has 0 aliphatic heterocycles. The number of nitrogens with zero attached hydrogens (tertiary/aromatic N) is 2. The van der Waals surface area contributed by atoms with Crippen LogP contribution in [0.4, 0.5) is 15.9 Å². The summed E-state index contributed by atoms with van der Waals surface area (Å²) in [5.74, 6) is 0.343. The van der Waals surface area contributed by atoms with E-state index in [1.807, 2.05) is 0 Å². The molecule has 2 rings (SSSR count). The van der Waals surface area contributed by atoms with E-state index >= 15 is 0 Å². The van der Waals surface area contributed by atoms with Gasteiger partial charge in [0.1, 0.15) is 22.6 Å². The van der Waals surface area contributed by atoms with Gasteiger partial charge in [-0.05, 0) is 31.5 Å². The first-order chi connectivity index (χ1) is 9.01. The molecule has 0 spiro atoms. The number of rotatable bonds is 3. The van der Waals surface area contributed by atoms with E-state index in [4.69, 9.17) is 11.6 Å². The van der Waals surface area contributed by atoms with Crippen molar-refractivity contribution in [2.24, 2.45) is 0 Å². The molecule has 0 fully saturated rings. The number of carbonyl (C=O) groups excluding carboxylic acids is 1. The fourth-order valence-corrected chi connectivity index (χ4v) is 1.81. The van der Waals surface area contributed by atoms with Crippen LogP contribution in [0.1, 0.15) is 21.7 Å². The van der Waals surface area contributed by atoms with Crippen molar-refractivity contribution in [3.8, 4) is 0 Å². The molecule has 1 aromatic carbocycles. The molecular weight excluding hydrogens is 269 g/mol. The van der Waals surface area contributed by atoms with Crippen molar-refractivity contribution < 1.29 is 9.18 Å². The maximum atomic E-state index is 13.5. The molecule has 98 valence electrons. The first-order valence-corrected chi connectivity index (χ1v) is 5.91. The zero-order chi connectivity index (χ0) is 14.0. The minimum atomic E-state index is -0.338. The third-order valence-electron chi connectivity index (χ3n) is 2.56. The number of hydrogen-bond donors (Lipinski definition) is 1. The van der Waals surface area contributed by atoms with Crippen LogP contribution >= 0.6 is 11.6 Å². The van der Waals surface area contributed by atoms with Gasteiger partial charge in [-0.1, -0.05) is 17.7 Å². The minimum absolute atomic E-state index is 0.0672. The van der Waals surface area contributed by atoms with Gasteiger partial charge in [0.15, 0.2) is 6.29 Å². The molecule has 1 aromatic heterocycles. The second-order valence-electron chi connectivity index (χ2n) is 4.03. The largest absolute Gasteiger partial charge is 0.339 e. The smallest absolute Gasteiger partial charge is 0.156 e. The van der Waals surface area contributed by atoms with Crippen molar-refractivity contribution in [3.05, 3.63) is 46.1 Å². The average molecular weight is 280 g/mol. The van der Waals surface area contributed by atoms with E-state index in [1.54, 1.807) is 26.0 Å². The van der Waals surface area contributed by atoms with Crippen LogP contribution in [0, 0.1) is 19.7 Å². The summed E-state index contributed by atoms with van der Waals surface area (Å²) in [6.07, 6.45) is 0.564. The molecule has 0 saturated carbocycles. The van der Waals surface area contributed by atoms with Gasteiger partial charge in [-0.3, -0.25) is 4.79 Å². The van der Waals surface area contributed by atoms with Gasteiger partial charge in [0, 0.05) is 5.69 Å². The van der Waals surface area contributed by atoms with Gasteiger partial charge in [0.25, 0.3) is 0 Å². The molecule has 0 unspecified atom stereocenters. The first-order valence-electron chi connectivity index (χ1n) is 5.53. The fraction of sp³-hybridized carbons (Fsp3) is 0.154. The lowest BCUT2D eigenvalue weighted by Crippen LogP contribution is -2.03. The summed E-state index contributed by atoms with van der Waals surface area (Å²) in [5, 5.41) is 2.93. The van der Waals surface area contributed by atoms with Gasteiger partial charge in [0.05, 0.1) is 5.56 Å². The van der Waals surface area contributed by atoms with Crippen molar-refractivity contribution in [1.82, 2.24) is 9.97 Å². The minimum Gasteiger partial charge on any atom is -0.339 e. The van der Waals surface area contributed by atoms with Gasteiger partial charge in [-0.2, -0.15) is 0 Å². The van der Waals surface area contributed by atoms with E-state index in [1.165, 1.54) is 6.07 Å². The Kier molecular flexibility index (Phi) is 3.76. The molecule has 0 aliphatic rings. The van der Waals surface area contributed by atoms with Crippen LogP contribution in [0.3, 0.4) is 0 Å². The number of aromatic nitrogens is 2. The summed E-state index contributed by atoms with van der Waals surface area (Å²) in [7, 11) is 0. The predicted molar refractivity (Wildman–Crippen MR) is 71.6 cm³/mol. The highest BCUT2D eigenvalue weighted by Gasteiger charge is 2.11. The van der Waals surface area contributed by atoms with Crippen molar-refractivity contribution in [1.29, 1.82) is 0 Å². The van der Waals surface area contributed by atoms with E-state index in [0.29, 0.717) is 23.4 Å². The Morgan fingerprint density at radius 1 is 1.32 bits per heavy atom. The Labute approximate surface area is 114 Å². The highest BCUT2D eigenvalue weighted by molar-refractivity contribution is 6.32. The quantitative estimate of drug-likeness (QED) is 0.691. The summed E-state index contributed by atoms with van der Waals surface area (Å²) in [4.78, 5) is 19.0. The molecule has 0 atom stereocenters. The summed E-state index contributed by atoms with van der Waals surface area (Å²) < 4.78 is 13.5. The Bertz CT molecular complexity index is 646. The van der Waals surface area contributed by atoms with Crippen LogP contribution in [0.15, 0.2) is 18.2 Å². The Balaban J connectivity index is 2.42. The summed E-state index contributed by atoms with van der Waals surface area (Å²) >= 11 is 5.86. The van der Waals surface area contributed by atoms with E-state index in [9.17, 15) is 9.18 Å². The van der Waals surface area contributed by atoms with Crippen LogP contribution in [0.2, 0.25) is 5.15 Å². The molecule has 2 aromatic rings. The fourth-order valence-electron chi connectivity index (χ4n) is 1.55. The second-order valence-corrected chi connectivity index (χ2v) is 4.39. The molecule has 0 bridgehead atoms. The van der Waals surface area contributed by atoms with Crippen LogP contribution in [0.5, 0.6) is 0 Å². The average Bonchev–Trinajstić information content (AvgIpc) is 2.33. The summed E-state index contributed by atoms with van der Waals surface area (Å²) in [6, 6.07) is 4.65. The summed E-state index contributed by atoms with van der Waals surface area (Å²) in [5.41, 5.74) is 1.17. The zero-order valence-electron chi connectivity index (χ0n) is 10.4. The molecule has 4 nitrogen and oxygen atoms in total. The molecule has 1 N–H and O–H groups in total. The number of carbonyl (C=O) groups is 1. The van der Waals surface area contributed by atoms with E-state index in [0.717, 1.165) is 0 Å². The highest BCUT2D eigenvalue weighted by Crippen LogP contribution is 2.23. The van der Waals surface area contributed by atoms with Gasteiger partial charge < -0.3 is 5.32 Å². The van der Waals surface area contributed by atoms with Crippen molar-refractivity contribution >= 4 is 29.4 Å². The standard InChI is InChI=1S/C13H11ClFN3O/c1-7-3-4-9(5-11(7)15)18-13-10(6-19)12(14)16-8(2)17-13/h3-6H,1-2H3,(H,16,17,18). The SMILES string of the molecule is Cc1nc(Cl)c(C=O)c(Nc2ccc(C)c(F)c2)n1. The van der Waals surface area contributed by atoms with Crippen LogP contribution < -0.4 is 5.32 Å². The van der Waals surface area contributed by atoms with Gasteiger partial charge >= 0.3 is 0 Å². The van der Waals surface area contributed by atoms with Gasteiger partial charge in [-0.15, -0.1) is 0 Å². The predicted octanol–water partition coefficient (Wildman–Crippen LogP) is 3.44. The molecule has 1 heterocycles. The van der Waals surface area contributed by atoms with Crippen LogP contribution in [-0.2, 0) is 0 Å². The maximum Gasteiger partial charge on any atom is 0.156 e.